The summed E-state index contributed by atoms with van der Waals surface area (Å²) in [6.07, 6.45) is 0.619. The summed E-state index contributed by atoms with van der Waals surface area (Å²) in [5.41, 5.74) is 2.24. The van der Waals surface area contributed by atoms with E-state index in [9.17, 15) is 9.59 Å². The van der Waals surface area contributed by atoms with Crippen LogP contribution in [0.15, 0.2) is 24.3 Å². The molecule has 0 bridgehead atoms. The van der Waals surface area contributed by atoms with Crippen molar-refractivity contribution >= 4 is 11.8 Å². The number of carbonyl (C=O) groups is 2. The molecule has 1 saturated heterocycles. The first-order valence-corrected chi connectivity index (χ1v) is 7.14. The average molecular weight is 274 g/mol. The number of rotatable bonds is 3. The van der Waals surface area contributed by atoms with Crippen LogP contribution in [0.2, 0.25) is 0 Å². The molecule has 2 rings (SSSR count). The fourth-order valence-electron chi connectivity index (χ4n) is 2.66. The number of nitrogens with zero attached hydrogens (tertiary/aromatic N) is 1. The molecule has 1 heterocycles. The van der Waals surface area contributed by atoms with Crippen LogP contribution in [0, 0.1) is 6.92 Å². The predicted octanol–water partition coefficient (Wildman–Crippen LogP) is 2.18. The number of nitrogens with one attached hydrogen (secondary N) is 1. The highest BCUT2D eigenvalue weighted by atomic mass is 16.2. The number of carbonyl (C=O) groups excluding carboxylic acids is 2. The molecule has 1 aromatic rings. The van der Waals surface area contributed by atoms with E-state index in [-0.39, 0.29) is 17.9 Å². The maximum Gasteiger partial charge on any atom is 0.246 e. The van der Waals surface area contributed by atoms with Gasteiger partial charge in [-0.25, -0.2) is 0 Å². The van der Waals surface area contributed by atoms with E-state index in [0.29, 0.717) is 6.42 Å². The number of benzene rings is 1. The van der Waals surface area contributed by atoms with E-state index in [1.54, 1.807) is 11.8 Å². The monoisotopic (exact) mass is 274 g/mol. The third-order valence-electron chi connectivity index (χ3n) is 4.05. The lowest BCUT2D eigenvalue weighted by molar-refractivity contribution is -0.151. The molecule has 3 atom stereocenters. The number of aryl methyl sites for hydroxylation is 1. The summed E-state index contributed by atoms with van der Waals surface area (Å²) in [5, 5.41) is 2.78. The molecule has 4 nitrogen and oxygen atoms in total. The standard InChI is InChI=1S/C16H22N2O2/c1-5-14-16(20)18(12(4)15(19)17-14)11(3)13-8-6-10(2)7-9-13/h6-9,11-12,14H,5H2,1-4H3,(H,17,19). The summed E-state index contributed by atoms with van der Waals surface area (Å²) < 4.78 is 0. The van der Waals surface area contributed by atoms with Gasteiger partial charge in [-0.05, 0) is 32.8 Å². The zero-order chi connectivity index (χ0) is 14.9. The number of hydrogen-bond acceptors (Lipinski definition) is 2. The molecular weight excluding hydrogens is 252 g/mol. The second-order valence-corrected chi connectivity index (χ2v) is 5.48. The largest absolute Gasteiger partial charge is 0.343 e. The molecule has 0 saturated carbocycles. The molecule has 0 radical (unpaired) electrons. The summed E-state index contributed by atoms with van der Waals surface area (Å²) in [4.78, 5) is 26.2. The molecular formula is C16H22N2O2. The Morgan fingerprint density at radius 3 is 2.40 bits per heavy atom. The molecule has 1 aromatic carbocycles. The lowest BCUT2D eigenvalue weighted by atomic mass is 9.99. The predicted molar refractivity (Wildman–Crippen MR) is 78.1 cm³/mol. The van der Waals surface area contributed by atoms with E-state index in [0.717, 1.165) is 5.56 Å². The molecule has 1 N–H and O–H groups in total. The Labute approximate surface area is 120 Å². The third-order valence-corrected chi connectivity index (χ3v) is 4.05. The zero-order valence-electron chi connectivity index (χ0n) is 12.5. The van der Waals surface area contributed by atoms with E-state index >= 15 is 0 Å². The van der Waals surface area contributed by atoms with Crippen LogP contribution in [-0.4, -0.2) is 28.8 Å². The second kappa shape index (κ2) is 5.65. The van der Waals surface area contributed by atoms with Crippen molar-refractivity contribution in [1.29, 1.82) is 0 Å². The van der Waals surface area contributed by atoms with Crippen LogP contribution in [0.3, 0.4) is 0 Å². The van der Waals surface area contributed by atoms with Gasteiger partial charge in [0.2, 0.25) is 11.8 Å². The quantitative estimate of drug-likeness (QED) is 0.918. The Bertz CT molecular complexity index is 510. The highest BCUT2D eigenvalue weighted by Gasteiger charge is 2.39. The minimum atomic E-state index is -0.429. The van der Waals surface area contributed by atoms with E-state index in [2.05, 4.69) is 5.32 Å². The van der Waals surface area contributed by atoms with Crippen LogP contribution < -0.4 is 5.32 Å². The van der Waals surface area contributed by atoms with Crippen LogP contribution in [0.4, 0.5) is 0 Å². The molecule has 4 heteroatoms. The van der Waals surface area contributed by atoms with Crippen LogP contribution in [0.25, 0.3) is 0 Å². The van der Waals surface area contributed by atoms with Gasteiger partial charge >= 0.3 is 0 Å². The Hall–Kier alpha value is -1.84. The van der Waals surface area contributed by atoms with Crippen molar-refractivity contribution in [3.8, 4) is 0 Å². The second-order valence-electron chi connectivity index (χ2n) is 5.48. The zero-order valence-corrected chi connectivity index (χ0v) is 12.5. The highest BCUT2D eigenvalue weighted by Crippen LogP contribution is 2.26. The minimum Gasteiger partial charge on any atom is -0.343 e. The fourth-order valence-corrected chi connectivity index (χ4v) is 2.66. The van der Waals surface area contributed by atoms with Gasteiger partial charge in [-0.1, -0.05) is 36.8 Å². The highest BCUT2D eigenvalue weighted by molar-refractivity contribution is 5.96. The third kappa shape index (κ3) is 2.55. The fraction of sp³-hybridized carbons (Fsp3) is 0.500. The van der Waals surface area contributed by atoms with Crippen molar-refractivity contribution in [2.75, 3.05) is 0 Å². The van der Waals surface area contributed by atoms with Crippen molar-refractivity contribution in [1.82, 2.24) is 10.2 Å². The van der Waals surface area contributed by atoms with Gasteiger partial charge < -0.3 is 10.2 Å². The number of hydrogen-bond donors (Lipinski definition) is 1. The molecule has 108 valence electrons. The first-order valence-electron chi connectivity index (χ1n) is 7.14. The van der Waals surface area contributed by atoms with Crippen LogP contribution >= 0.6 is 0 Å². The minimum absolute atomic E-state index is 0.00711. The van der Waals surface area contributed by atoms with Gasteiger partial charge in [-0.15, -0.1) is 0 Å². The Morgan fingerprint density at radius 2 is 1.85 bits per heavy atom. The molecule has 2 amide bonds. The average Bonchev–Trinajstić information content (AvgIpc) is 2.43. The van der Waals surface area contributed by atoms with Gasteiger partial charge in [0.15, 0.2) is 0 Å². The normalized spacial score (nSPS) is 24.5. The summed E-state index contributed by atoms with van der Waals surface area (Å²) in [5.74, 6) is -0.0666. The number of amides is 2. The van der Waals surface area contributed by atoms with Gasteiger partial charge in [0.05, 0.1) is 6.04 Å². The first-order chi connectivity index (χ1) is 9.45. The first kappa shape index (κ1) is 14.6. The maximum absolute atomic E-state index is 12.5. The van der Waals surface area contributed by atoms with Crippen molar-refractivity contribution in [2.24, 2.45) is 0 Å². The molecule has 0 aliphatic carbocycles. The Kier molecular flexibility index (Phi) is 4.12. The van der Waals surface area contributed by atoms with Gasteiger partial charge in [-0.2, -0.15) is 0 Å². The Morgan fingerprint density at radius 1 is 1.25 bits per heavy atom. The van der Waals surface area contributed by atoms with E-state index in [1.807, 2.05) is 45.0 Å². The summed E-state index contributed by atoms with van der Waals surface area (Å²) in [6, 6.07) is 7.18. The molecule has 1 aliphatic heterocycles. The topological polar surface area (TPSA) is 49.4 Å². The van der Waals surface area contributed by atoms with E-state index in [1.165, 1.54) is 5.56 Å². The number of piperazine rings is 1. The van der Waals surface area contributed by atoms with Crippen LogP contribution in [0.1, 0.15) is 44.4 Å². The lowest BCUT2D eigenvalue weighted by Gasteiger charge is -2.41. The molecule has 1 fully saturated rings. The summed E-state index contributed by atoms with van der Waals surface area (Å²) >= 11 is 0. The van der Waals surface area contributed by atoms with Crippen molar-refractivity contribution < 1.29 is 9.59 Å². The van der Waals surface area contributed by atoms with Gasteiger partial charge in [0.25, 0.3) is 0 Å². The SMILES string of the molecule is CCC1NC(=O)C(C)N(C(C)c2ccc(C)cc2)C1=O. The molecule has 0 aromatic heterocycles. The summed E-state index contributed by atoms with van der Waals surface area (Å²) in [6.45, 7) is 7.70. The van der Waals surface area contributed by atoms with E-state index in [4.69, 9.17) is 0 Å². The molecule has 0 spiro atoms. The van der Waals surface area contributed by atoms with Crippen molar-refractivity contribution in [3.63, 3.8) is 0 Å². The lowest BCUT2D eigenvalue weighted by Crippen LogP contribution is -2.62. The van der Waals surface area contributed by atoms with Gasteiger partial charge in [-0.3, -0.25) is 9.59 Å². The van der Waals surface area contributed by atoms with Gasteiger partial charge in [0.1, 0.15) is 12.1 Å². The van der Waals surface area contributed by atoms with Crippen molar-refractivity contribution in [2.45, 2.75) is 52.2 Å². The van der Waals surface area contributed by atoms with Crippen molar-refractivity contribution in [3.05, 3.63) is 35.4 Å². The maximum atomic E-state index is 12.5. The van der Waals surface area contributed by atoms with E-state index < -0.39 is 12.1 Å². The molecule has 20 heavy (non-hydrogen) atoms. The summed E-state index contributed by atoms with van der Waals surface area (Å²) in [7, 11) is 0. The van der Waals surface area contributed by atoms with Crippen LogP contribution in [-0.2, 0) is 9.59 Å². The van der Waals surface area contributed by atoms with Gasteiger partial charge in [0, 0.05) is 0 Å². The molecule has 3 unspecified atom stereocenters. The Balaban J connectivity index is 2.30. The molecule has 1 aliphatic rings. The smallest absolute Gasteiger partial charge is 0.246 e. The van der Waals surface area contributed by atoms with Crippen LogP contribution in [0.5, 0.6) is 0 Å².